The number of rotatable bonds is 1. The second kappa shape index (κ2) is 3.14. The SMILES string of the molecule is Nc1ccc(-c2ncncn2)cn1. The Morgan fingerprint density at radius 2 is 1.77 bits per heavy atom. The maximum atomic E-state index is 5.44. The fraction of sp³-hybridized carbons (Fsp3) is 0. The van der Waals surface area contributed by atoms with Crippen LogP contribution < -0.4 is 5.73 Å². The van der Waals surface area contributed by atoms with Crippen LogP contribution in [0.2, 0.25) is 0 Å². The Labute approximate surface area is 74.7 Å². The molecule has 0 aliphatic rings. The first-order valence-corrected chi connectivity index (χ1v) is 3.70. The highest BCUT2D eigenvalue weighted by Gasteiger charge is 1.98. The number of nitrogens with zero attached hydrogens (tertiary/aromatic N) is 4. The molecule has 2 aromatic heterocycles. The quantitative estimate of drug-likeness (QED) is 0.680. The number of hydrogen-bond acceptors (Lipinski definition) is 5. The molecule has 0 saturated heterocycles. The van der Waals surface area contributed by atoms with Crippen LogP contribution in [0.4, 0.5) is 5.82 Å². The van der Waals surface area contributed by atoms with Crippen LogP contribution in [0.1, 0.15) is 0 Å². The van der Waals surface area contributed by atoms with Crippen molar-refractivity contribution < 1.29 is 0 Å². The zero-order chi connectivity index (χ0) is 9.10. The minimum absolute atomic E-state index is 0.484. The molecule has 0 aliphatic heterocycles. The first-order valence-electron chi connectivity index (χ1n) is 3.70. The fourth-order valence-corrected chi connectivity index (χ4v) is 0.926. The lowest BCUT2D eigenvalue weighted by Gasteiger charge is -1.97. The third-order valence-corrected chi connectivity index (χ3v) is 1.54. The molecule has 0 aliphatic carbocycles. The van der Waals surface area contributed by atoms with Gasteiger partial charge in [0.2, 0.25) is 0 Å². The molecule has 2 N–H and O–H groups in total. The highest BCUT2D eigenvalue weighted by molar-refractivity contribution is 5.54. The molecule has 2 rings (SSSR count). The Morgan fingerprint density at radius 3 is 2.38 bits per heavy atom. The van der Waals surface area contributed by atoms with Crippen molar-refractivity contribution >= 4 is 5.82 Å². The molecule has 0 amide bonds. The summed E-state index contributed by atoms with van der Waals surface area (Å²) in [5.41, 5.74) is 6.27. The van der Waals surface area contributed by atoms with Crippen molar-refractivity contribution in [2.75, 3.05) is 5.73 Å². The summed E-state index contributed by atoms with van der Waals surface area (Å²) in [5.74, 6) is 1.08. The number of hydrogen-bond donors (Lipinski definition) is 1. The predicted molar refractivity (Wildman–Crippen MR) is 47.5 cm³/mol. The molecule has 2 heterocycles. The van der Waals surface area contributed by atoms with Crippen molar-refractivity contribution in [1.29, 1.82) is 0 Å². The van der Waals surface area contributed by atoms with Crippen molar-refractivity contribution in [2.24, 2.45) is 0 Å². The van der Waals surface area contributed by atoms with Gasteiger partial charge in [-0.1, -0.05) is 0 Å². The zero-order valence-corrected chi connectivity index (χ0v) is 6.75. The van der Waals surface area contributed by atoms with E-state index in [1.807, 2.05) is 6.07 Å². The topological polar surface area (TPSA) is 77.6 Å². The summed E-state index contributed by atoms with van der Waals surface area (Å²) in [5, 5.41) is 0. The van der Waals surface area contributed by atoms with Crippen molar-refractivity contribution in [3.05, 3.63) is 31.0 Å². The van der Waals surface area contributed by atoms with Gasteiger partial charge in [0.25, 0.3) is 0 Å². The summed E-state index contributed by atoms with van der Waals surface area (Å²) in [6.45, 7) is 0. The van der Waals surface area contributed by atoms with E-state index >= 15 is 0 Å². The molecule has 2 aromatic rings. The van der Waals surface area contributed by atoms with Crippen molar-refractivity contribution in [3.8, 4) is 11.4 Å². The van der Waals surface area contributed by atoms with Crippen LogP contribution in [-0.4, -0.2) is 19.9 Å². The molecule has 0 aromatic carbocycles. The van der Waals surface area contributed by atoms with E-state index in [0.29, 0.717) is 11.6 Å². The maximum Gasteiger partial charge on any atom is 0.164 e. The first-order chi connectivity index (χ1) is 6.36. The minimum atomic E-state index is 0.484. The lowest BCUT2D eigenvalue weighted by atomic mass is 10.3. The molecule has 0 bridgehead atoms. The Hall–Kier alpha value is -2.04. The molecular weight excluding hydrogens is 166 g/mol. The molecule has 5 heteroatoms. The number of nitrogen functional groups attached to an aromatic ring is 1. The summed E-state index contributed by atoms with van der Waals surface area (Å²) < 4.78 is 0. The van der Waals surface area contributed by atoms with Crippen molar-refractivity contribution in [3.63, 3.8) is 0 Å². The van der Waals surface area contributed by atoms with Gasteiger partial charge in [0.15, 0.2) is 5.82 Å². The summed E-state index contributed by atoms with van der Waals surface area (Å²) >= 11 is 0. The maximum absolute atomic E-state index is 5.44. The number of anilines is 1. The summed E-state index contributed by atoms with van der Waals surface area (Å²) in [6, 6.07) is 3.52. The Bertz CT molecular complexity index is 383. The number of pyridine rings is 1. The van der Waals surface area contributed by atoms with Gasteiger partial charge in [-0.3, -0.25) is 0 Å². The average Bonchev–Trinajstić information content (AvgIpc) is 2.20. The van der Waals surface area contributed by atoms with E-state index in [4.69, 9.17) is 5.73 Å². The molecule has 5 nitrogen and oxygen atoms in total. The third kappa shape index (κ3) is 1.58. The summed E-state index contributed by atoms with van der Waals surface area (Å²) in [6.07, 6.45) is 4.52. The van der Waals surface area contributed by atoms with Gasteiger partial charge in [0, 0.05) is 11.8 Å². The van der Waals surface area contributed by atoms with Gasteiger partial charge >= 0.3 is 0 Å². The van der Waals surface area contributed by atoms with E-state index in [1.54, 1.807) is 12.3 Å². The van der Waals surface area contributed by atoms with Crippen LogP contribution >= 0.6 is 0 Å². The molecule has 0 unspecified atom stereocenters. The van der Waals surface area contributed by atoms with Gasteiger partial charge in [-0.25, -0.2) is 19.9 Å². The molecule has 64 valence electrons. The number of nitrogens with two attached hydrogens (primary N) is 1. The van der Waals surface area contributed by atoms with Gasteiger partial charge in [-0.15, -0.1) is 0 Å². The standard InChI is InChI=1S/C8H7N5/c9-7-2-1-6(3-11-7)8-12-4-10-5-13-8/h1-5H,(H2,9,11). The normalized spacial score (nSPS) is 9.85. The van der Waals surface area contributed by atoms with Gasteiger partial charge in [-0.2, -0.15) is 0 Å². The van der Waals surface area contributed by atoms with Crippen LogP contribution in [0.15, 0.2) is 31.0 Å². The van der Waals surface area contributed by atoms with Gasteiger partial charge < -0.3 is 5.73 Å². The van der Waals surface area contributed by atoms with Crippen molar-refractivity contribution in [1.82, 2.24) is 19.9 Å². The van der Waals surface area contributed by atoms with E-state index in [1.165, 1.54) is 12.7 Å². The van der Waals surface area contributed by atoms with Gasteiger partial charge in [0.1, 0.15) is 18.5 Å². The molecule has 0 saturated carbocycles. The molecule has 0 spiro atoms. The van der Waals surface area contributed by atoms with E-state index in [-0.39, 0.29) is 0 Å². The van der Waals surface area contributed by atoms with Crippen LogP contribution in [0.3, 0.4) is 0 Å². The Balaban J connectivity index is 2.42. The Morgan fingerprint density at radius 1 is 1.00 bits per heavy atom. The van der Waals surface area contributed by atoms with Crippen molar-refractivity contribution in [2.45, 2.75) is 0 Å². The highest BCUT2D eigenvalue weighted by Crippen LogP contribution is 2.11. The smallest absolute Gasteiger partial charge is 0.164 e. The average molecular weight is 173 g/mol. The molecule has 13 heavy (non-hydrogen) atoms. The van der Waals surface area contributed by atoms with Crippen LogP contribution in [0.5, 0.6) is 0 Å². The van der Waals surface area contributed by atoms with Crippen LogP contribution in [-0.2, 0) is 0 Å². The van der Waals surface area contributed by atoms with Crippen LogP contribution in [0, 0.1) is 0 Å². The monoisotopic (exact) mass is 173 g/mol. The Kier molecular flexibility index (Phi) is 1.84. The molecule has 0 radical (unpaired) electrons. The second-order valence-corrected chi connectivity index (χ2v) is 2.43. The fourth-order valence-electron chi connectivity index (χ4n) is 0.926. The van der Waals surface area contributed by atoms with Crippen LogP contribution in [0.25, 0.3) is 11.4 Å². The zero-order valence-electron chi connectivity index (χ0n) is 6.75. The van der Waals surface area contributed by atoms with Gasteiger partial charge in [0.05, 0.1) is 0 Å². The summed E-state index contributed by atoms with van der Waals surface area (Å²) in [7, 11) is 0. The van der Waals surface area contributed by atoms with E-state index in [2.05, 4.69) is 19.9 Å². The van der Waals surface area contributed by atoms with E-state index in [9.17, 15) is 0 Å². The number of aromatic nitrogens is 4. The van der Waals surface area contributed by atoms with Gasteiger partial charge in [-0.05, 0) is 12.1 Å². The van der Waals surface area contributed by atoms with E-state index in [0.717, 1.165) is 5.56 Å². The molecule has 0 atom stereocenters. The summed E-state index contributed by atoms with van der Waals surface area (Å²) in [4.78, 5) is 15.6. The third-order valence-electron chi connectivity index (χ3n) is 1.54. The lowest BCUT2D eigenvalue weighted by Crippen LogP contribution is -1.92. The second-order valence-electron chi connectivity index (χ2n) is 2.43. The predicted octanol–water partition coefficient (Wildman–Crippen LogP) is 0.516. The minimum Gasteiger partial charge on any atom is -0.384 e. The molecular formula is C8H7N5. The molecule has 0 fully saturated rings. The lowest BCUT2D eigenvalue weighted by molar-refractivity contribution is 1.05. The largest absolute Gasteiger partial charge is 0.384 e. The first kappa shape index (κ1) is 7.60. The van der Waals surface area contributed by atoms with E-state index < -0.39 is 0 Å². The highest BCUT2D eigenvalue weighted by atomic mass is 15.0.